The van der Waals surface area contributed by atoms with Crippen LogP contribution < -0.4 is 10.6 Å². The summed E-state index contributed by atoms with van der Waals surface area (Å²) in [5, 5.41) is 29.8. The SMILES string of the molecule is CCC[C@@H]1CC[C@H]([C@]2(C)CC[C@@]3(O[C@]4(C=CC3NC(=S)Nc3cc(Cl)cc(Cl)c3)O[C@H](C(CC)C(=O)[C@@H](C)[C@@H](O)[C@H](C)[C@@H]3O[C@@H]([C@@H](CC)C(=O)O)CC[C@@H]3C)[C@@H](C)C[C@H]4C)O2)O[C@H]1C. The van der Waals surface area contributed by atoms with Crippen molar-refractivity contribution in [2.75, 3.05) is 5.32 Å². The van der Waals surface area contributed by atoms with Crippen molar-refractivity contribution in [2.24, 2.45) is 47.3 Å². The number of ketones is 1. The molecule has 5 aliphatic heterocycles. The molecule has 0 saturated carbocycles. The minimum atomic E-state index is -1.23. The van der Waals surface area contributed by atoms with E-state index in [-0.39, 0.29) is 41.8 Å². The molecule has 0 radical (unpaired) electrons. The van der Waals surface area contributed by atoms with Crippen molar-refractivity contribution in [1.82, 2.24) is 5.32 Å². The molecular formula is C50H76Cl2N2O9S. The molecule has 5 aliphatic rings. The molecule has 5 heterocycles. The van der Waals surface area contributed by atoms with Crippen LogP contribution in [0, 0.1) is 47.3 Å². The van der Waals surface area contributed by atoms with Crippen LogP contribution in [0.5, 0.6) is 0 Å². The van der Waals surface area contributed by atoms with E-state index >= 15 is 0 Å². The minimum Gasteiger partial charge on any atom is -0.481 e. The normalized spacial score (nSPS) is 38.9. The molecule has 0 aliphatic carbocycles. The maximum absolute atomic E-state index is 14.8. The van der Waals surface area contributed by atoms with Crippen LogP contribution in [0.3, 0.4) is 0 Å². The Balaban J connectivity index is 1.25. The molecule has 0 aromatic heterocycles. The number of aliphatic carboxylic acids is 1. The van der Waals surface area contributed by atoms with Crippen LogP contribution in [0.15, 0.2) is 30.4 Å². The number of hydrogen-bond acceptors (Lipinski definition) is 9. The van der Waals surface area contributed by atoms with Gasteiger partial charge in [-0.3, -0.25) is 9.59 Å². The highest BCUT2D eigenvalue weighted by Crippen LogP contribution is 2.54. The summed E-state index contributed by atoms with van der Waals surface area (Å²) in [4.78, 5) is 26.8. The number of nitrogens with one attached hydrogen (secondary N) is 2. The van der Waals surface area contributed by atoms with Crippen LogP contribution >= 0.6 is 35.4 Å². The van der Waals surface area contributed by atoms with Crippen LogP contribution in [0.4, 0.5) is 5.69 Å². The molecular weight excluding hydrogens is 876 g/mol. The van der Waals surface area contributed by atoms with Gasteiger partial charge >= 0.3 is 5.97 Å². The van der Waals surface area contributed by atoms with Gasteiger partial charge in [0, 0.05) is 45.8 Å². The second-order valence-corrected chi connectivity index (χ2v) is 21.7. The molecule has 4 fully saturated rings. The van der Waals surface area contributed by atoms with Crippen LogP contribution in [0.25, 0.3) is 0 Å². The minimum absolute atomic E-state index is 0.00815. The lowest BCUT2D eigenvalue weighted by Crippen LogP contribution is -2.65. The highest BCUT2D eigenvalue weighted by Gasteiger charge is 2.63. The van der Waals surface area contributed by atoms with Gasteiger partial charge in [-0.05, 0) is 126 Å². The molecule has 0 amide bonds. The predicted molar refractivity (Wildman–Crippen MR) is 255 cm³/mol. The molecule has 4 saturated heterocycles. The Kier molecular flexibility index (Phi) is 17.1. The number of rotatable bonds is 15. The molecule has 14 heteroatoms. The summed E-state index contributed by atoms with van der Waals surface area (Å²) in [6, 6.07) is 4.65. The number of carbonyl (C=O) groups excluding carboxylic acids is 1. The van der Waals surface area contributed by atoms with Crippen molar-refractivity contribution in [1.29, 1.82) is 0 Å². The van der Waals surface area contributed by atoms with E-state index in [0.717, 1.165) is 38.5 Å². The summed E-state index contributed by atoms with van der Waals surface area (Å²) in [5.41, 5.74) is -0.0184. The zero-order valence-electron chi connectivity index (χ0n) is 39.7. The highest BCUT2D eigenvalue weighted by atomic mass is 35.5. The molecule has 2 unspecified atom stereocenters. The van der Waals surface area contributed by atoms with Gasteiger partial charge in [-0.15, -0.1) is 0 Å². The molecule has 4 N–H and O–H groups in total. The summed E-state index contributed by atoms with van der Waals surface area (Å²) in [5.74, 6) is -5.12. The van der Waals surface area contributed by atoms with Crippen molar-refractivity contribution < 1.29 is 43.5 Å². The molecule has 1 aromatic rings. The van der Waals surface area contributed by atoms with E-state index in [1.165, 1.54) is 0 Å². The van der Waals surface area contributed by atoms with E-state index in [1.54, 1.807) is 25.1 Å². The number of thiocarbonyl (C=S) groups is 1. The standard InChI is InChI=1S/C50H76Cl2N2O9S/c1-11-14-33-16-18-41(59-32(33)9)48(10)21-22-50(62-48)40(54-47(64)53-36-25-34(51)24-35(52)26-36)19-20-49(63-50)29(6)23-28(5)45(61-49)38(13-3)43(56)30(7)42(55)31(8)44-27(4)15-17-39(60-44)37(12-2)46(57)58/h19-20,24-33,37-42,44-45,55H,11-18,21-23H2,1-10H3,(H,57,58)(H2,53,54,64)/t27-,28-,29+,30-,31-,32-,33+,37+,38?,39+,40?,41+,42+,44+,45-,48-,49-,50-/m0/s1. The second kappa shape index (κ2) is 21.2. The molecule has 18 atom stereocenters. The zero-order valence-corrected chi connectivity index (χ0v) is 42.1. The fourth-order valence-corrected chi connectivity index (χ4v) is 12.7. The van der Waals surface area contributed by atoms with Crippen LogP contribution in [-0.2, 0) is 33.3 Å². The zero-order chi connectivity index (χ0) is 46.9. The number of carbonyl (C=O) groups is 2. The van der Waals surface area contributed by atoms with Gasteiger partial charge in [-0.25, -0.2) is 0 Å². The number of aliphatic hydroxyl groups excluding tert-OH is 1. The molecule has 360 valence electrons. The van der Waals surface area contributed by atoms with Crippen molar-refractivity contribution in [3.63, 3.8) is 0 Å². The molecule has 1 aromatic carbocycles. The number of carboxylic acid groups (broad SMARTS) is 1. The number of benzene rings is 1. The number of carboxylic acids is 1. The molecule has 11 nitrogen and oxygen atoms in total. The average molecular weight is 952 g/mol. The van der Waals surface area contributed by atoms with Crippen molar-refractivity contribution in [2.45, 2.75) is 200 Å². The summed E-state index contributed by atoms with van der Waals surface area (Å²) in [6.45, 7) is 20.5. The molecule has 0 bridgehead atoms. The van der Waals surface area contributed by atoms with E-state index in [0.29, 0.717) is 58.9 Å². The van der Waals surface area contributed by atoms with Gasteiger partial charge in [0.2, 0.25) is 0 Å². The third kappa shape index (κ3) is 10.9. The van der Waals surface area contributed by atoms with Gasteiger partial charge in [0.15, 0.2) is 16.7 Å². The fraction of sp³-hybridized carbons (Fsp3) is 0.780. The molecule has 64 heavy (non-hydrogen) atoms. The number of aliphatic hydroxyl groups is 1. The van der Waals surface area contributed by atoms with E-state index in [1.807, 2.05) is 32.9 Å². The van der Waals surface area contributed by atoms with Crippen LogP contribution in [-0.4, -0.2) is 86.9 Å². The van der Waals surface area contributed by atoms with Gasteiger partial charge in [0.25, 0.3) is 0 Å². The van der Waals surface area contributed by atoms with Gasteiger partial charge in [-0.2, -0.15) is 0 Å². The maximum atomic E-state index is 14.8. The van der Waals surface area contributed by atoms with Crippen molar-refractivity contribution in [3.8, 4) is 0 Å². The van der Waals surface area contributed by atoms with Gasteiger partial charge in [0.1, 0.15) is 11.8 Å². The van der Waals surface area contributed by atoms with Crippen molar-refractivity contribution >= 4 is 58.0 Å². The third-order valence-electron chi connectivity index (χ3n) is 15.8. The van der Waals surface area contributed by atoms with Gasteiger partial charge in [0.05, 0.1) is 48.1 Å². The first-order chi connectivity index (χ1) is 30.2. The summed E-state index contributed by atoms with van der Waals surface area (Å²) in [6.07, 6.45) is 10.3. The number of ether oxygens (including phenoxy) is 5. The number of hydrogen-bond donors (Lipinski definition) is 4. The van der Waals surface area contributed by atoms with E-state index in [9.17, 15) is 19.8 Å². The monoisotopic (exact) mass is 950 g/mol. The Morgan fingerprint density at radius 1 is 0.906 bits per heavy atom. The van der Waals surface area contributed by atoms with E-state index in [2.05, 4.69) is 52.2 Å². The third-order valence-corrected chi connectivity index (χ3v) is 16.5. The highest BCUT2D eigenvalue weighted by molar-refractivity contribution is 7.80. The predicted octanol–water partition coefficient (Wildman–Crippen LogP) is 10.8. The number of anilines is 1. The first-order valence-corrected chi connectivity index (χ1v) is 25.4. The Morgan fingerprint density at radius 2 is 1.59 bits per heavy atom. The first-order valence-electron chi connectivity index (χ1n) is 24.3. The van der Waals surface area contributed by atoms with Crippen LogP contribution in [0.2, 0.25) is 10.0 Å². The molecule has 2 spiro atoms. The summed E-state index contributed by atoms with van der Waals surface area (Å²) in [7, 11) is 0. The Bertz CT molecular complexity index is 1820. The summed E-state index contributed by atoms with van der Waals surface area (Å²) >= 11 is 18.5. The van der Waals surface area contributed by atoms with Crippen molar-refractivity contribution in [3.05, 3.63) is 40.4 Å². The lowest BCUT2D eigenvalue weighted by molar-refractivity contribution is -0.397. The topological polar surface area (TPSA) is 145 Å². The number of halogens is 2. The largest absolute Gasteiger partial charge is 0.481 e. The lowest BCUT2D eigenvalue weighted by atomic mass is 9.72. The smallest absolute Gasteiger partial charge is 0.309 e. The molecule has 6 rings (SSSR count). The lowest BCUT2D eigenvalue weighted by Gasteiger charge is -2.55. The maximum Gasteiger partial charge on any atom is 0.309 e. The Labute approximate surface area is 397 Å². The van der Waals surface area contributed by atoms with Gasteiger partial charge < -0.3 is 44.5 Å². The van der Waals surface area contributed by atoms with E-state index in [4.69, 9.17) is 59.1 Å². The van der Waals surface area contributed by atoms with Crippen LogP contribution in [0.1, 0.15) is 140 Å². The summed E-state index contributed by atoms with van der Waals surface area (Å²) < 4.78 is 35.2. The number of Topliss-reactive ketones (excluding diaryl/α,β-unsaturated/α-hetero) is 1. The average Bonchev–Trinajstić information content (AvgIpc) is 3.58. The first kappa shape index (κ1) is 51.5. The fourth-order valence-electron chi connectivity index (χ4n) is 11.9. The van der Waals surface area contributed by atoms with E-state index < -0.39 is 71.2 Å². The second-order valence-electron chi connectivity index (χ2n) is 20.4. The Hall–Kier alpha value is -1.87. The van der Waals surface area contributed by atoms with Gasteiger partial charge in [-0.1, -0.05) is 91.1 Å². The quantitative estimate of drug-likeness (QED) is 0.0981. The Morgan fingerprint density at radius 3 is 2.22 bits per heavy atom.